The van der Waals surface area contributed by atoms with Gasteiger partial charge in [-0.3, -0.25) is 0 Å². The third-order valence-electron chi connectivity index (χ3n) is 3.16. The summed E-state index contributed by atoms with van der Waals surface area (Å²) >= 11 is 5.59. The Morgan fingerprint density at radius 2 is 1.52 bits per heavy atom. The van der Waals surface area contributed by atoms with Crippen molar-refractivity contribution in [3.05, 3.63) is 82.0 Å². The van der Waals surface area contributed by atoms with E-state index in [4.69, 9.17) is 4.74 Å². The van der Waals surface area contributed by atoms with Crippen molar-refractivity contribution in [3.63, 3.8) is 0 Å². The van der Waals surface area contributed by atoms with E-state index in [0.717, 1.165) is 11.5 Å². The largest absolute Gasteiger partial charge is 0.457 e. The Labute approximate surface area is 137 Å². The molecule has 3 rings (SSSR count). The van der Waals surface area contributed by atoms with E-state index in [1.807, 2.05) is 53.8 Å². The lowest BCUT2D eigenvalue weighted by atomic mass is 10.1. The SMILES string of the molecule is Cc1ccc(C(Br)c2ccc(Oc3ccccc3)cc2)s1. The summed E-state index contributed by atoms with van der Waals surface area (Å²) in [7, 11) is 0. The van der Waals surface area contributed by atoms with Crippen molar-refractivity contribution >= 4 is 27.3 Å². The van der Waals surface area contributed by atoms with Crippen molar-refractivity contribution in [2.24, 2.45) is 0 Å². The third kappa shape index (κ3) is 3.55. The normalized spacial score (nSPS) is 12.1. The molecular weight excluding hydrogens is 344 g/mol. The van der Waals surface area contributed by atoms with Crippen molar-refractivity contribution in [1.82, 2.24) is 0 Å². The maximum absolute atomic E-state index is 5.81. The standard InChI is InChI=1S/C18H15BrOS/c1-13-7-12-17(21-13)18(19)14-8-10-16(11-9-14)20-15-5-3-2-4-6-15/h2-12,18H,1H3. The number of thiophene rings is 1. The van der Waals surface area contributed by atoms with E-state index in [-0.39, 0.29) is 4.83 Å². The van der Waals surface area contributed by atoms with Gasteiger partial charge in [-0.05, 0) is 48.9 Å². The van der Waals surface area contributed by atoms with Crippen LogP contribution in [0.1, 0.15) is 20.1 Å². The molecule has 0 amide bonds. The van der Waals surface area contributed by atoms with E-state index < -0.39 is 0 Å². The van der Waals surface area contributed by atoms with Crippen LogP contribution in [0, 0.1) is 6.92 Å². The van der Waals surface area contributed by atoms with Gasteiger partial charge in [0.25, 0.3) is 0 Å². The number of hydrogen-bond donors (Lipinski definition) is 0. The minimum Gasteiger partial charge on any atom is -0.457 e. The maximum atomic E-state index is 5.81. The number of ether oxygens (including phenoxy) is 1. The lowest BCUT2D eigenvalue weighted by Crippen LogP contribution is -1.90. The van der Waals surface area contributed by atoms with Gasteiger partial charge in [-0.1, -0.05) is 46.3 Å². The number of alkyl halides is 1. The molecule has 0 N–H and O–H groups in total. The number of aryl methyl sites for hydroxylation is 1. The van der Waals surface area contributed by atoms with Crippen LogP contribution in [0.25, 0.3) is 0 Å². The zero-order chi connectivity index (χ0) is 14.7. The Kier molecular flexibility index (Phi) is 4.42. The molecule has 1 nitrogen and oxygen atoms in total. The fraction of sp³-hybridized carbons (Fsp3) is 0.111. The molecule has 0 fully saturated rings. The van der Waals surface area contributed by atoms with Crippen LogP contribution in [0.2, 0.25) is 0 Å². The summed E-state index contributed by atoms with van der Waals surface area (Å²) in [5.41, 5.74) is 1.23. The Morgan fingerprint density at radius 3 is 2.14 bits per heavy atom. The Morgan fingerprint density at radius 1 is 0.857 bits per heavy atom. The predicted octanol–water partition coefficient (Wildman–Crippen LogP) is 6.33. The third-order valence-corrected chi connectivity index (χ3v) is 5.55. The van der Waals surface area contributed by atoms with Gasteiger partial charge in [-0.15, -0.1) is 11.3 Å². The molecule has 1 unspecified atom stereocenters. The highest BCUT2D eigenvalue weighted by Gasteiger charge is 2.12. The Balaban J connectivity index is 1.75. The molecule has 1 atom stereocenters. The van der Waals surface area contributed by atoms with Gasteiger partial charge in [0, 0.05) is 9.75 Å². The molecule has 3 aromatic rings. The highest BCUT2D eigenvalue weighted by Crippen LogP contribution is 2.36. The first-order valence-electron chi connectivity index (χ1n) is 6.75. The first-order chi connectivity index (χ1) is 10.2. The van der Waals surface area contributed by atoms with Gasteiger partial charge in [-0.2, -0.15) is 0 Å². The molecule has 3 heteroatoms. The second kappa shape index (κ2) is 6.46. The smallest absolute Gasteiger partial charge is 0.127 e. The lowest BCUT2D eigenvalue weighted by molar-refractivity contribution is 0.482. The molecule has 0 spiro atoms. The van der Waals surface area contributed by atoms with Crippen LogP contribution >= 0.6 is 27.3 Å². The van der Waals surface area contributed by atoms with Gasteiger partial charge in [0.2, 0.25) is 0 Å². The highest BCUT2D eigenvalue weighted by molar-refractivity contribution is 9.09. The molecular formula is C18H15BrOS. The quantitative estimate of drug-likeness (QED) is 0.495. The second-order valence-corrected chi connectivity index (χ2v) is 7.03. The molecule has 106 valence electrons. The average Bonchev–Trinajstić information content (AvgIpc) is 2.95. The van der Waals surface area contributed by atoms with Crippen molar-refractivity contribution in [3.8, 4) is 11.5 Å². The minimum absolute atomic E-state index is 0.238. The predicted molar refractivity (Wildman–Crippen MR) is 92.8 cm³/mol. The van der Waals surface area contributed by atoms with E-state index in [0.29, 0.717) is 0 Å². The molecule has 0 aliphatic heterocycles. The van der Waals surface area contributed by atoms with E-state index in [1.54, 1.807) is 0 Å². The summed E-state index contributed by atoms with van der Waals surface area (Å²) in [6.45, 7) is 2.13. The molecule has 0 saturated carbocycles. The first-order valence-corrected chi connectivity index (χ1v) is 8.49. The van der Waals surface area contributed by atoms with Gasteiger partial charge < -0.3 is 4.74 Å². The number of halogens is 1. The van der Waals surface area contributed by atoms with Gasteiger partial charge in [0.05, 0.1) is 4.83 Å². The second-order valence-electron chi connectivity index (χ2n) is 4.80. The van der Waals surface area contributed by atoms with Crippen LogP contribution in [0.15, 0.2) is 66.7 Å². The zero-order valence-electron chi connectivity index (χ0n) is 11.6. The summed E-state index contributed by atoms with van der Waals surface area (Å²) in [5.74, 6) is 1.71. The van der Waals surface area contributed by atoms with Gasteiger partial charge in [-0.25, -0.2) is 0 Å². The summed E-state index contributed by atoms with van der Waals surface area (Å²) in [6.07, 6.45) is 0. The van der Waals surface area contributed by atoms with Crippen LogP contribution < -0.4 is 4.74 Å². The minimum atomic E-state index is 0.238. The summed E-state index contributed by atoms with van der Waals surface area (Å²) in [6, 6.07) is 22.4. The fourth-order valence-corrected chi connectivity index (χ4v) is 3.71. The highest BCUT2D eigenvalue weighted by atomic mass is 79.9. The van der Waals surface area contributed by atoms with E-state index in [2.05, 4.69) is 47.1 Å². The lowest BCUT2D eigenvalue weighted by Gasteiger charge is -2.10. The van der Waals surface area contributed by atoms with E-state index >= 15 is 0 Å². The molecule has 2 aromatic carbocycles. The maximum Gasteiger partial charge on any atom is 0.127 e. The van der Waals surface area contributed by atoms with Crippen molar-refractivity contribution in [2.75, 3.05) is 0 Å². The number of rotatable bonds is 4. The molecule has 0 aliphatic rings. The van der Waals surface area contributed by atoms with Gasteiger partial charge in [0.1, 0.15) is 11.5 Å². The van der Waals surface area contributed by atoms with Crippen LogP contribution in [-0.2, 0) is 0 Å². The van der Waals surface area contributed by atoms with E-state index in [1.165, 1.54) is 15.3 Å². The summed E-state index contributed by atoms with van der Waals surface area (Å²) in [4.78, 5) is 2.89. The molecule has 0 aliphatic carbocycles. The Hall–Kier alpha value is -1.58. The van der Waals surface area contributed by atoms with Crippen molar-refractivity contribution in [2.45, 2.75) is 11.8 Å². The number of benzene rings is 2. The molecule has 0 bridgehead atoms. The summed E-state index contributed by atoms with van der Waals surface area (Å²) in [5, 5.41) is 0. The zero-order valence-corrected chi connectivity index (χ0v) is 14.0. The molecule has 1 heterocycles. The Bertz CT molecular complexity index is 704. The van der Waals surface area contributed by atoms with E-state index in [9.17, 15) is 0 Å². The van der Waals surface area contributed by atoms with Crippen LogP contribution in [0.3, 0.4) is 0 Å². The van der Waals surface area contributed by atoms with Crippen molar-refractivity contribution in [1.29, 1.82) is 0 Å². The van der Waals surface area contributed by atoms with Gasteiger partial charge in [0.15, 0.2) is 0 Å². The van der Waals surface area contributed by atoms with Crippen LogP contribution in [-0.4, -0.2) is 0 Å². The number of para-hydroxylation sites is 1. The molecule has 0 saturated heterocycles. The first kappa shape index (κ1) is 14.4. The number of hydrogen-bond acceptors (Lipinski definition) is 2. The van der Waals surface area contributed by atoms with Crippen molar-refractivity contribution < 1.29 is 4.74 Å². The summed E-state index contributed by atoms with van der Waals surface area (Å²) < 4.78 is 5.81. The van der Waals surface area contributed by atoms with Crippen LogP contribution in [0.5, 0.6) is 11.5 Å². The molecule has 0 radical (unpaired) electrons. The van der Waals surface area contributed by atoms with Gasteiger partial charge >= 0.3 is 0 Å². The monoisotopic (exact) mass is 358 g/mol. The molecule has 21 heavy (non-hydrogen) atoms. The van der Waals surface area contributed by atoms with Crippen LogP contribution in [0.4, 0.5) is 0 Å². The molecule has 1 aromatic heterocycles. The average molecular weight is 359 g/mol. The topological polar surface area (TPSA) is 9.23 Å². The fourth-order valence-electron chi connectivity index (χ4n) is 2.08.